The third-order valence-corrected chi connectivity index (χ3v) is 2.61. The summed E-state index contributed by atoms with van der Waals surface area (Å²) >= 11 is 3.30. The highest BCUT2D eigenvalue weighted by atomic mass is 79.9. The van der Waals surface area contributed by atoms with Gasteiger partial charge < -0.3 is 20.5 Å². The van der Waals surface area contributed by atoms with Gasteiger partial charge in [0.15, 0.2) is 0 Å². The lowest BCUT2D eigenvalue weighted by molar-refractivity contribution is -0.136. The van der Waals surface area contributed by atoms with Crippen LogP contribution in [-0.2, 0) is 4.79 Å². The fourth-order valence-corrected chi connectivity index (χ4v) is 1.69. The van der Waals surface area contributed by atoms with E-state index in [0.29, 0.717) is 18.0 Å². The van der Waals surface area contributed by atoms with E-state index in [1.165, 1.54) is 0 Å². The van der Waals surface area contributed by atoms with Crippen LogP contribution in [0, 0.1) is 0 Å². The van der Waals surface area contributed by atoms with E-state index in [0.717, 1.165) is 4.47 Å². The molecule has 0 fully saturated rings. The molecule has 3 N–H and O–H groups in total. The molecule has 6 nitrogen and oxygen atoms in total. The molecule has 0 heterocycles. The van der Waals surface area contributed by atoms with Crippen LogP contribution in [0.4, 0.5) is 10.5 Å². The molecule has 0 unspecified atom stereocenters. The number of rotatable bonds is 6. The van der Waals surface area contributed by atoms with Gasteiger partial charge in [-0.15, -0.1) is 0 Å². The number of ether oxygens (including phenoxy) is 1. The van der Waals surface area contributed by atoms with E-state index in [-0.39, 0.29) is 13.0 Å². The van der Waals surface area contributed by atoms with Gasteiger partial charge in [0, 0.05) is 11.0 Å². The summed E-state index contributed by atoms with van der Waals surface area (Å²) in [6.07, 6.45) is -0.121. The molecule has 2 amide bonds. The third-order valence-electron chi connectivity index (χ3n) is 2.11. The number of hydrogen-bond donors (Lipinski definition) is 3. The zero-order valence-electron chi connectivity index (χ0n) is 10.4. The Labute approximate surface area is 119 Å². The number of aliphatic carboxylic acids is 1. The van der Waals surface area contributed by atoms with Crippen molar-refractivity contribution in [1.29, 1.82) is 0 Å². The molecule has 104 valence electrons. The topological polar surface area (TPSA) is 87.7 Å². The van der Waals surface area contributed by atoms with Crippen molar-refractivity contribution in [2.75, 3.05) is 18.5 Å². The van der Waals surface area contributed by atoms with Gasteiger partial charge in [0.1, 0.15) is 5.75 Å². The number of benzene rings is 1. The Kier molecular flexibility index (Phi) is 6.14. The van der Waals surface area contributed by atoms with E-state index >= 15 is 0 Å². The first-order valence-electron chi connectivity index (χ1n) is 5.72. The monoisotopic (exact) mass is 330 g/mol. The van der Waals surface area contributed by atoms with E-state index in [2.05, 4.69) is 26.6 Å². The number of amides is 2. The number of carbonyl (C=O) groups is 2. The van der Waals surface area contributed by atoms with E-state index < -0.39 is 12.0 Å². The van der Waals surface area contributed by atoms with Gasteiger partial charge in [-0.05, 0) is 25.1 Å². The highest BCUT2D eigenvalue weighted by Crippen LogP contribution is 2.28. The average molecular weight is 331 g/mol. The molecule has 0 aromatic heterocycles. The quantitative estimate of drug-likeness (QED) is 0.747. The molecule has 1 aromatic rings. The Bertz CT molecular complexity index is 465. The van der Waals surface area contributed by atoms with Gasteiger partial charge in [-0.1, -0.05) is 15.9 Å². The molecule has 1 aromatic carbocycles. The molecule has 0 aliphatic heterocycles. The molecule has 19 heavy (non-hydrogen) atoms. The van der Waals surface area contributed by atoms with Gasteiger partial charge >= 0.3 is 12.0 Å². The Morgan fingerprint density at radius 2 is 2.16 bits per heavy atom. The molecule has 0 aliphatic rings. The SMILES string of the molecule is CCOc1ccc(Br)cc1NC(=O)NCCC(=O)O. The summed E-state index contributed by atoms with van der Waals surface area (Å²) in [5.41, 5.74) is 0.518. The van der Waals surface area contributed by atoms with Crippen LogP contribution in [0.15, 0.2) is 22.7 Å². The predicted octanol–water partition coefficient (Wildman–Crippen LogP) is 2.44. The minimum Gasteiger partial charge on any atom is -0.492 e. The molecule has 1 rings (SSSR count). The fraction of sp³-hybridized carbons (Fsp3) is 0.333. The van der Waals surface area contributed by atoms with E-state index in [4.69, 9.17) is 9.84 Å². The van der Waals surface area contributed by atoms with Gasteiger partial charge in [0.25, 0.3) is 0 Å². The smallest absolute Gasteiger partial charge is 0.319 e. The van der Waals surface area contributed by atoms with Gasteiger partial charge in [0.2, 0.25) is 0 Å². The van der Waals surface area contributed by atoms with Crippen molar-refractivity contribution in [3.05, 3.63) is 22.7 Å². The maximum absolute atomic E-state index is 11.6. The average Bonchev–Trinajstić information content (AvgIpc) is 2.32. The van der Waals surface area contributed by atoms with Crippen LogP contribution in [0.3, 0.4) is 0 Å². The molecule has 0 atom stereocenters. The van der Waals surface area contributed by atoms with Crippen LogP contribution in [0.2, 0.25) is 0 Å². The highest BCUT2D eigenvalue weighted by Gasteiger charge is 2.08. The van der Waals surface area contributed by atoms with Crippen LogP contribution < -0.4 is 15.4 Å². The highest BCUT2D eigenvalue weighted by molar-refractivity contribution is 9.10. The number of carbonyl (C=O) groups excluding carboxylic acids is 1. The largest absolute Gasteiger partial charge is 0.492 e. The lowest BCUT2D eigenvalue weighted by Gasteiger charge is -2.12. The van der Waals surface area contributed by atoms with E-state index in [1.54, 1.807) is 18.2 Å². The molecule has 0 radical (unpaired) electrons. The number of urea groups is 1. The fourth-order valence-electron chi connectivity index (χ4n) is 1.33. The Hall–Kier alpha value is -1.76. The summed E-state index contributed by atoms with van der Waals surface area (Å²) in [5, 5.41) is 13.5. The molecular weight excluding hydrogens is 316 g/mol. The normalized spacial score (nSPS) is 9.79. The zero-order valence-corrected chi connectivity index (χ0v) is 12.0. The first-order valence-corrected chi connectivity index (χ1v) is 6.51. The van der Waals surface area contributed by atoms with Crippen molar-refractivity contribution >= 4 is 33.6 Å². The van der Waals surface area contributed by atoms with Crippen molar-refractivity contribution in [1.82, 2.24) is 5.32 Å². The van der Waals surface area contributed by atoms with Crippen molar-refractivity contribution in [2.45, 2.75) is 13.3 Å². The number of hydrogen-bond acceptors (Lipinski definition) is 3. The maximum Gasteiger partial charge on any atom is 0.319 e. The van der Waals surface area contributed by atoms with Crippen molar-refractivity contribution < 1.29 is 19.4 Å². The number of carboxylic acid groups (broad SMARTS) is 1. The Balaban J connectivity index is 2.61. The number of halogens is 1. The number of nitrogens with one attached hydrogen (secondary N) is 2. The minimum absolute atomic E-state index is 0.0686. The van der Waals surface area contributed by atoms with Gasteiger partial charge in [-0.3, -0.25) is 4.79 Å². The van der Waals surface area contributed by atoms with Crippen molar-refractivity contribution in [3.8, 4) is 5.75 Å². The second kappa shape index (κ2) is 7.63. The van der Waals surface area contributed by atoms with Crippen LogP contribution >= 0.6 is 15.9 Å². The molecular formula is C12H15BrN2O4. The lowest BCUT2D eigenvalue weighted by atomic mass is 10.3. The van der Waals surface area contributed by atoms with E-state index in [1.807, 2.05) is 6.92 Å². The van der Waals surface area contributed by atoms with Crippen molar-refractivity contribution in [3.63, 3.8) is 0 Å². The first kappa shape index (κ1) is 15.3. The summed E-state index contributed by atoms with van der Waals surface area (Å²) in [4.78, 5) is 21.9. The Morgan fingerprint density at radius 3 is 2.79 bits per heavy atom. The molecule has 0 bridgehead atoms. The third kappa shape index (κ3) is 5.60. The van der Waals surface area contributed by atoms with Crippen LogP contribution in [0.25, 0.3) is 0 Å². The predicted molar refractivity (Wildman–Crippen MR) is 74.6 cm³/mol. The molecule has 7 heteroatoms. The second-order valence-electron chi connectivity index (χ2n) is 3.60. The van der Waals surface area contributed by atoms with E-state index in [9.17, 15) is 9.59 Å². The van der Waals surface area contributed by atoms with Crippen molar-refractivity contribution in [2.24, 2.45) is 0 Å². The summed E-state index contributed by atoms with van der Waals surface area (Å²) in [6, 6.07) is 4.78. The number of carboxylic acids is 1. The zero-order chi connectivity index (χ0) is 14.3. The van der Waals surface area contributed by atoms with Gasteiger partial charge in [-0.25, -0.2) is 4.79 Å². The summed E-state index contributed by atoms with van der Waals surface area (Å²) < 4.78 is 6.18. The first-order chi connectivity index (χ1) is 9.02. The summed E-state index contributed by atoms with van der Waals surface area (Å²) in [5.74, 6) is -0.406. The van der Waals surface area contributed by atoms with Gasteiger partial charge in [0.05, 0.1) is 18.7 Å². The number of anilines is 1. The molecule has 0 spiro atoms. The molecule has 0 aliphatic carbocycles. The Morgan fingerprint density at radius 1 is 1.42 bits per heavy atom. The summed E-state index contributed by atoms with van der Waals surface area (Å²) in [7, 11) is 0. The summed E-state index contributed by atoms with van der Waals surface area (Å²) in [6.45, 7) is 2.40. The lowest BCUT2D eigenvalue weighted by Crippen LogP contribution is -2.30. The van der Waals surface area contributed by atoms with Crippen LogP contribution in [-0.4, -0.2) is 30.3 Å². The van der Waals surface area contributed by atoms with Crippen LogP contribution in [0.1, 0.15) is 13.3 Å². The standard InChI is InChI=1S/C12H15BrN2O4/c1-2-19-10-4-3-8(13)7-9(10)15-12(18)14-6-5-11(16)17/h3-4,7H,2,5-6H2,1H3,(H,16,17)(H2,14,15,18). The maximum atomic E-state index is 11.6. The molecule has 0 saturated carbocycles. The van der Waals surface area contributed by atoms with Gasteiger partial charge in [-0.2, -0.15) is 0 Å². The second-order valence-corrected chi connectivity index (χ2v) is 4.51. The molecule has 0 saturated heterocycles. The van der Waals surface area contributed by atoms with Crippen LogP contribution in [0.5, 0.6) is 5.75 Å². The minimum atomic E-state index is -0.960.